The Labute approximate surface area is 175 Å². The Hall–Kier alpha value is -2.94. The zero-order valence-corrected chi connectivity index (χ0v) is 17.2. The van der Waals surface area contributed by atoms with Crippen LogP contribution in [-0.4, -0.2) is 64.8 Å². The number of amides is 1. The normalized spacial score (nSPS) is 22.0. The van der Waals surface area contributed by atoms with Crippen molar-refractivity contribution in [3.63, 3.8) is 0 Å². The van der Waals surface area contributed by atoms with Gasteiger partial charge in [-0.05, 0) is 37.8 Å². The van der Waals surface area contributed by atoms with E-state index in [0.717, 1.165) is 62.5 Å². The van der Waals surface area contributed by atoms with E-state index in [-0.39, 0.29) is 18.1 Å². The van der Waals surface area contributed by atoms with Gasteiger partial charge in [0.2, 0.25) is 11.9 Å². The van der Waals surface area contributed by atoms with Crippen molar-refractivity contribution in [2.75, 3.05) is 46.7 Å². The molecule has 2 saturated heterocycles. The molecule has 2 aromatic rings. The van der Waals surface area contributed by atoms with Crippen molar-refractivity contribution in [3.8, 4) is 0 Å². The highest BCUT2D eigenvalue weighted by Crippen LogP contribution is 2.37. The fraction of sp³-hybridized carbons (Fsp3) is 0.524. The van der Waals surface area contributed by atoms with Gasteiger partial charge in [0.25, 0.3) is 0 Å². The highest BCUT2D eigenvalue weighted by molar-refractivity contribution is 5.97. The van der Waals surface area contributed by atoms with Crippen molar-refractivity contribution in [2.24, 2.45) is 0 Å². The minimum atomic E-state index is -0.190. The summed E-state index contributed by atoms with van der Waals surface area (Å²) in [6.07, 6.45) is 7.56. The minimum absolute atomic E-state index is 0.109. The third-order valence-electron chi connectivity index (χ3n) is 6.36. The SMILES string of the molecule is CN1C(=O)C[C@@H]2CCCN2c2nc(Nc3ccc(N4CCC(O)CC4)cn3)ncc21. The van der Waals surface area contributed by atoms with Gasteiger partial charge >= 0.3 is 0 Å². The van der Waals surface area contributed by atoms with E-state index < -0.39 is 0 Å². The molecule has 1 amide bonds. The maximum atomic E-state index is 12.5. The number of aromatic nitrogens is 3. The van der Waals surface area contributed by atoms with Gasteiger partial charge in [0.15, 0.2) is 5.82 Å². The van der Waals surface area contributed by atoms with E-state index in [1.807, 2.05) is 18.3 Å². The molecule has 2 aromatic heterocycles. The number of nitrogens with one attached hydrogen (secondary N) is 1. The van der Waals surface area contributed by atoms with Gasteiger partial charge in [-0.15, -0.1) is 0 Å². The lowest BCUT2D eigenvalue weighted by molar-refractivity contribution is -0.118. The summed E-state index contributed by atoms with van der Waals surface area (Å²) in [6.45, 7) is 2.59. The fourth-order valence-electron chi connectivity index (χ4n) is 4.56. The molecule has 1 atom stereocenters. The molecular formula is C21H27N7O2. The zero-order valence-electron chi connectivity index (χ0n) is 17.2. The van der Waals surface area contributed by atoms with Crippen LogP contribution in [0, 0.1) is 0 Å². The van der Waals surface area contributed by atoms with Gasteiger partial charge in [-0.3, -0.25) is 4.79 Å². The molecule has 0 aliphatic carbocycles. The third-order valence-corrected chi connectivity index (χ3v) is 6.36. The largest absolute Gasteiger partial charge is 0.393 e. The number of aliphatic hydroxyl groups is 1. The summed E-state index contributed by atoms with van der Waals surface area (Å²) in [5.41, 5.74) is 1.81. The number of hydrogen-bond acceptors (Lipinski definition) is 8. The molecule has 0 unspecified atom stereocenters. The zero-order chi connectivity index (χ0) is 20.7. The molecule has 2 fully saturated rings. The summed E-state index contributed by atoms with van der Waals surface area (Å²) in [5, 5.41) is 12.9. The van der Waals surface area contributed by atoms with Crippen LogP contribution in [0.25, 0.3) is 0 Å². The lowest BCUT2D eigenvalue weighted by Gasteiger charge is -2.31. The molecule has 9 nitrogen and oxygen atoms in total. The molecule has 0 aromatic carbocycles. The number of pyridine rings is 1. The number of hydrogen-bond donors (Lipinski definition) is 2. The summed E-state index contributed by atoms with van der Waals surface area (Å²) in [5.74, 6) is 2.07. The Morgan fingerprint density at radius 3 is 2.70 bits per heavy atom. The summed E-state index contributed by atoms with van der Waals surface area (Å²) < 4.78 is 0. The Morgan fingerprint density at radius 1 is 1.10 bits per heavy atom. The monoisotopic (exact) mass is 409 g/mol. The maximum absolute atomic E-state index is 12.5. The van der Waals surface area contributed by atoms with Crippen LogP contribution in [0.5, 0.6) is 0 Å². The fourth-order valence-corrected chi connectivity index (χ4v) is 4.56. The first-order valence-corrected chi connectivity index (χ1v) is 10.6. The van der Waals surface area contributed by atoms with Crippen LogP contribution in [0.3, 0.4) is 0 Å². The number of anilines is 5. The van der Waals surface area contributed by atoms with E-state index >= 15 is 0 Å². The average molecular weight is 409 g/mol. The molecule has 0 radical (unpaired) electrons. The van der Waals surface area contributed by atoms with Crippen LogP contribution in [0.15, 0.2) is 24.5 Å². The van der Waals surface area contributed by atoms with Crippen molar-refractivity contribution in [1.29, 1.82) is 0 Å². The number of piperidine rings is 1. The lowest BCUT2D eigenvalue weighted by Crippen LogP contribution is -2.35. The molecule has 9 heteroatoms. The van der Waals surface area contributed by atoms with Crippen LogP contribution in [0.4, 0.5) is 29.0 Å². The Bertz CT molecular complexity index is 927. The number of nitrogens with zero attached hydrogens (tertiary/aromatic N) is 6. The summed E-state index contributed by atoms with van der Waals surface area (Å²) in [4.78, 5) is 32.3. The molecule has 5 heterocycles. The molecule has 5 rings (SSSR count). The molecule has 0 spiro atoms. The summed E-state index contributed by atoms with van der Waals surface area (Å²) >= 11 is 0. The van der Waals surface area contributed by atoms with Crippen LogP contribution >= 0.6 is 0 Å². The highest BCUT2D eigenvalue weighted by atomic mass is 16.3. The Balaban J connectivity index is 1.35. The van der Waals surface area contributed by atoms with Gasteiger partial charge in [0.1, 0.15) is 11.5 Å². The maximum Gasteiger partial charge on any atom is 0.230 e. The standard InChI is InChI=1S/C21H27N7O2/c1-26-17-13-23-21(25-20(17)28-8-2-3-14(28)11-19(26)30)24-18-5-4-15(12-22-18)27-9-6-16(29)7-10-27/h4-5,12-14,16,29H,2-3,6-11H2,1H3,(H,22,23,24,25)/t14-/m0/s1. The van der Waals surface area contributed by atoms with Gasteiger partial charge in [-0.25, -0.2) is 9.97 Å². The van der Waals surface area contributed by atoms with Gasteiger partial charge in [0, 0.05) is 39.1 Å². The van der Waals surface area contributed by atoms with Crippen molar-refractivity contribution < 1.29 is 9.90 Å². The molecule has 0 bridgehead atoms. The van der Waals surface area contributed by atoms with Crippen molar-refractivity contribution in [1.82, 2.24) is 15.0 Å². The van der Waals surface area contributed by atoms with E-state index in [1.165, 1.54) is 0 Å². The predicted molar refractivity (Wildman–Crippen MR) is 115 cm³/mol. The second-order valence-corrected chi connectivity index (χ2v) is 8.29. The smallest absolute Gasteiger partial charge is 0.230 e. The first kappa shape index (κ1) is 19.0. The molecule has 0 saturated carbocycles. The van der Waals surface area contributed by atoms with Crippen LogP contribution in [-0.2, 0) is 4.79 Å². The molecule has 158 valence electrons. The number of aliphatic hydroxyl groups excluding tert-OH is 1. The van der Waals surface area contributed by atoms with E-state index in [9.17, 15) is 9.90 Å². The van der Waals surface area contributed by atoms with E-state index in [0.29, 0.717) is 18.2 Å². The quantitative estimate of drug-likeness (QED) is 0.794. The second-order valence-electron chi connectivity index (χ2n) is 8.29. The van der Waals surface area contributed by atoms with Crippen LogP contribution in [0.2, 0.25) is 0 Å². The lowest BCUT2D eigenvalue weighted by atomic mass is 10.1. The minimum Gasteiger partial charge on any atom is -0.393 e. The van der Waals surface area contributed by atoms with Crippen molar-refractivity contribution in [2.45, 2.75) is 44.2 Å². The number of rotatable bonds is 3. The molecule has 3 aliphatic heterocycles. The second kappa shape index (κ2) is 7.71. The Morgan fingerprint density at radius 2 is 1.93 bits per heavy atom. The van der Waals surface area contributed by atoms with Crippen LogP contribution < -0.4 is 20.0 Å². The topological polar surface area (TPSA) is 97.7 Å². The van der Waals surface area contributed by atoms with Crippen LogP contribution in [0.1, 0.15) is 32.1 Å². The third kappa shape index (κ3) is 3.54. The molecule has 30 heavy (non-hydrogen) atoms. The van der Waals surface area contributed by atoms with Gasteiger partial charge in [-0.1, -0.05) is 0 Å². The molecule has 2 N–H and O–H groups in total. The van der Waals surface area contributed by atoms with Crippen molar-refractivity contribution in [3.05, 3.63) is 24.5 Å². The number of carbonyl (C=O) groups is 1. The summed E-state index contributed by atoms with van der Waals surface area (Å²) in [7, 11) is 1.79. The number of carbonyl (C=O) groups excluding carboxylic acids is 1. The van der Waals surface area contributed by atoms with E-state index in [2.05, 4.69) is 25.1 Å². The number of fused-ring (bicyclic) bond motifs is 3. The van der Waals surface area contributed by atoms with Crippen molar-refractivity contribution >= 4 is 34.9 Å². The Kier molecular flexibility index (Phi) is 4.90. The van der Waals surface area contributed by atoms with Gasteiger partial charge in [0.05, 0.1) is 24.2 Å². The predicted octanol–water partition coefficient (Wildman–Crippen LogP) is 1.91. The highest BCUT2D eigenvalue weighted by Gasteiger charge is 2.35. The van der Waals surface area contributed by atoms with Gasteiger partial charge in [-0.2, -0.15) is 4.98 Å². The van der Waals surface area contributed by atoms with E-state index in [1.54, 1.807) is 18.1 Å². The first-order chi connectivity index (χ1) is 14.6. The summed E-state index contributed by atoms with van der Waals surface area (Å²) in [6, 6.07) is 4.16. The molecular weight excluding hydrogens is 382 g/mol. The van der Waals surface area contributed by atoms with Gasteiger partial charge < -0.3 is 25.1 Å². The van der Waals surface area contributed by atoms with E-state index in [4.69, 9.17) is 4.98 Å². The molecule has 3 aliphatic rings. The average Bonchev–Trinajstić information content (AvgIpc) is 3.19. The first-order valence-electron chi connectivity index (χ1n) is 10.6.